The highest BCUT2D eigenvalue weighted by Crippen LogP contribution is 2.71. The second kappa shape index (κ2) is 7.13. The van der Waals surface area contributed by atoms with Crippen LogP contribution in [0.1, 0.15) is 36.5 Å². The highest BCUT2D eigenvalue weighted by atomic mass is 16.6. The first kappa shape index (κ1) is 21.8. The van der Waals surface area contributed by atoms with Crippen molar-refractivity contribution in [2.75, 3.05) is 11.5 Å². The molecule has 0 aliphatic carbocycles. The number of ether oxygens (including phenoxy) is 3. The van der Waals surface area contributed by atoms with Gasteiger partial charge in [0.05, 0.1) is 24.2 Å². The van der Waals surface area contributed by atoms with Crippen LogP contribution in [-0.2, 0) is 30.4 Å². The normalized spacial score (nSPS) is 37.7. The Morgan fingerprint density at radius 1 is 1.18 bits per heavy atom. The van der Waals surface area contributed by atoms with E-state index < -0.39 is 46.7 Å². The Balaban J connectivity index is 1.48. The summed E-state index contributed by atoms with van der Waals surface area (Å²) >= 11 is 0. The van der Waals surface area contributed by atoms with Gasteiger partial charge in [0.2, 0.25) is 5.91 Å². The fourth-order valence-corrected chi connectivity index (χ4v) is 6.79. The zero-order chi connectivity index (χ0) is 23.9. The van der Waals surface area contributed by atoms with Gasteiger partial charge in [-0.1, -0.05) is 36.4 Å². The Bertz CT molecular complexity index is 1180. The molecule has 2 bridgehead atoms. The summed E-state index contributed by atoms with van der Waals surface area (Å²) in [6.07, 6.45) is -0.740. The van der Waals surface area contributed by atoms with Crippen molar-refractivity contribution in [1.82, 2.24) is 0 Å². The van der Waals surface area contributed by atoms with Crippen molar-refractivity contribution in [3.63, 3.8) is 0 Å². The molecule has 0 saturated carbocycles. The minimum Gasteiger partial charge on any atom is -0.460 e. The van der Waals surface area contributed by atoms with Gasteiger partial charge in [-0.05, 0) is 49.6 Å². The minimum absolute atomic E-state index is 0.0375. The van der Waals surface area contributed by atoms with Gasteiger partial charge in [-0.15, -0.1) is 0 Å². The molecule has 178 valence electrons. The van der Waals surface area contributed by atoms with E-state index in [1.807, 2.05) is 62.4 Å². The molecule has 4 aliphatic rings. The zero-order valence-electron chi connectivity index (χ0n) is 19.6. The number of aryl methyl sites for hydroxylation is 2. The number of carbonyl (C=O) groups is 2. The van der Waals surface area contributed by atoms with Crippen LogP contribution >= 0.6 is 0 Å². The van der Waals surface area contributed by atoms with Crippen molar-refractivity contribution in [3.05, 3.63) is 65.2 Å². The predicted octanol–water partition coefficient (Wildman–Crippen LogP) is 3.03. The molecule has 1 N–H and O–H groups in total. The second-order valence-corrected chi connectivity index (χ2v) is 10.3. The number of fused-ring (bicyclic) bond motifs is 2. The van der Waals surface area contributed by atoms with E-state index in [4.69, 9.17) is 14.2 Å². The lowest BCUT2D eigenvalue weighted by Crippen LogP contribution is -2.64. The molecule has 6 atom stereocenters. The zero-order valence-corrected chi connectivity index (χ0v) is 19.6. The number of carbonyl (C=O) groups excluding carboxylic acids is 2. The molecule has 4 aliphatic heterocycles. The first-order valence-corrected chi connectivity index (χ1v) is 11.9. The summed E-state index contributed by atoms with van der Waals surface area (Å²) in [6, 6.07) is 15.2. The summed E-state index contributed by atoms with van der Waals surface area (Å²) in [4.78, 5) is 30.0. The molecule has 0 radical (unpaired) electrons. The van der Waals surface area contributed by atoms with Crippen LogP contribution in [0.5, 0.6) is 0 Å². The lowest BCUT2D eigenvalue weighted by molar-refractivity contribution is -0.180. The third kappa shape index (κ3) is 2.52. The van der Waals surface area contributed by atoms with E-state index in [0.29, 0.717) is 25.1 Å². The molecule has 1 spiro atoms. The third-order valence-corrected chi connectivity index (χ3v) is 8.62. The number of nitrogens with zero attached hydrogens (tertiary/aromatic N) is 1. The van der Waals surface area contributed by atoms with Crippen LogP contribution in [0.25, 0.3) is 0 Å². The standard InChI is InChI=1S/C27H29NO6/c1-16-9-10-19(13-17(16)2)28-22-21-26(11-12-32-22)14-20(29)25(3,34-26)27(21,23(28)30)24(31)33-15-18-7-5-4-6-8-18/h4-10,13,20-22,29H,11-12,14-15H2,1-3H3/t20-,21+,22+,25-,26+,27-/m1/s1. The number of hydrogen-bond acceptors (Lipinski definition) is 6. The number of esters is 1. The molecule has 2 aromatic carbocycles. The van der Waals surface area contributed by atoms with Crippen LogP contribution in [0, 0.1) is 25.2 Å². The Kier molecular flexibility index (Phi) is 4.57. The number of hydrogen-bond donors (Lipinski definition) is 1. The molecular formula is C27H29NO6. The SMILES string of the molecule is Cc1ccc(N2C(=O)[C@@]3(C(=O)OCc4ccccc4)[C@H]4[C@@H]2OCC[C@]42C[C@@H](O)[C@@]3(C)O2)cc1C. The monoisotopic (exact) mass is 463 g/mol. The highest BCUT2D eigenvalue weighted by molar-refractivity contribution is 6.15. The molecule has 0 aromatic heterocycles. The second-order valence-electron chi connectivity index (χ2n) is 10.3. The fourth-order valence-electron chi connectivity index (χ4n) is 6.79. The average molecular weight is 464 g/mol. The van der Waals surface area contributed by atoms with Crippen molar-refractivity contribution in [2.45, 2.75) is 63.8 Å². The molecule has 4 saturated heterocycles. The summed E-state index contributed by atoms with van der Waals surface area (Å²) in [5.74, 6) is -1.65. The van der Waals surface area contributed by atoms with E-state index >= 15 is 0 Å². The largest absolute Gasteiger partial charge is 0.460 e. The molecule has 4 heterocycles. The number of amides is 1. The van der Waals surface area contributed by atoms with Gasteiger partial charge in [-0.2, -0.15) is 0 Å². The number of benzene rings is 2. The maximum atomic E-state index is 14.4. The van der Waals surface area contributed by atoms with Gasteiger partial charge in [0, 0.05) is 18.5 Å². The van der Waals surface area contributed by atoms with Gasteiger partial charge in [0.15, 0.2) is 5.41 Å². The summed E-state index contributed by atoms with van der Waals surface area (Å²) in [6.45, 7) is 6.11. The van der Waals surface area contributed by atoms with Crippen LogP contribution in [0.3, 0.4) is 0 Å². The van der Waals surface area contributed by atoms with Gasteiger partial charge in [-0.3, -0.25) is 14.5 Å². The van der Waals surface area contributed by atoms with E-state index in [0.717, 1.165) is 16.7 Å². The first-order valence-electron chi connectivity index (χ1n) is 11.9. The average Bonchev–Trinajstić information content (AvgIpc) is 3.35. The first-order chi connectivity index (χ1) is 16.2. The van der Waals surface area contributed by atoms with Crippen LogP contribution in [0.15, 0.2) is 48.5 Å². The quantitative estimate of drug-likeness (QED) is 0.554. The summed E-state index contributed by atoms with van der Waals surface area (Å²) in [5, 5.41) is 11.1. The minimum atomic E-state index is -1.69. The van der Waals surface area contributed by atoms with Crippen LogP contribution < -0.4 is 4.90 Å². The fraction of sp³-hybridized carbons (Fsp3) is 0.481. The predicted molar refractivity (Wildman–Crippen MR) is 123 cm³/mol. The summed E-state index contributed by atoms with van der Waals surface area (Å²) in [5.41, 5.74) is -0.250. The smallest absolute Gasteiger partial charge is 0.325 e. The Labute approximate surface area is 198 Å². The summed E-state index contributed by atoms with van der Waals surface area (Å²) < 4.78 is 18.5. The van der Waals surface area contributed by atoms with E-state index in [1.54, 1.807) is 11.8 Å². The molecule has 6 rings (SSSR count). The molecule has 1 amide bonds. The Hall–Kier alpha value is -2.74. The van der Waals surface area contributed by atoms with E-state index in [1.165, 1.54) is 0 Å². The third-order valence-electron chi connectivity index (χ3n) is 8.62. The highest BCUT2D eigenvalue weighted by Gasteiger charge is 2.88. The number of aliphatic hydroxyl groups is 1. The van der Waals surface area contributed by atoms with Crippen molar-refractivity contribution in [1.29, 1.82) is 0 Å². The van der Waals surface area contributed by atoms with Gasteiger partial charge in [-0.25, -0.2) is 0 Å². The molecule has 34 heavy (non-hydrogen) atoms. The number of anilines is 1. The molecule has 7 nitrogen and oxygen atoms in total. The van der Waals surface area contributed by atoms with Gasteiger partial charge >= 0.3 is 5.97 Å². The number of aliphatic hydroxyl groups excluding tert-OH is 1. The lowest BCUT2D eigenvalue weighted by Gasteiger charge is -2.45. The van der Waals surface area contributed by atoms with Gasteiger partial charge in [0.1, 0.15) is 18.4 Å². The van der Waals surface area contributed by atoms with E-state index in [2.05, 4.69) is 0 Å². The molecule has 2 aromatic rings. The van der Waals surface area contributed by atoms with Crippen LogP contribution in [0.2, 0.25) is 0 Å². The van der Waals surface area contributed by atoms with Crippen molar-refractivity contribution in [2.24, 2.45) is 11.3 Å². The van der Waals surface area contributed by atoms with E-state index in [9.17, 15) is 14.7 Å². The maximum Gasteiger partial charge on any atom is 0.325 e. The van der Waals surface area contributed by atoms with Crippen molar-refractivity contribution >= 4 is 17.6 Å². The summed E-state index contributed by atoms with van der Waals surface area (Å²) in [7, 11) is 0. The molecular weight excluding hydrogens is 434 g/mol. The number of rotatable bonds is 4. The van der Waals surface area contributed by atoms with Gasteiger partial charge in [0.25, 0.3) is 0 Å². The van der Waals surface area contributed by atoms with Gasteiger partial charge < -0.3 is 19.3 Å². The Morgan fingerprint density at radius 2 is 1.94 bits per heavy atom. The van der Waals surface area contributed by atoms with Crippen molar-refractivity contribution < 1.29 is 28.9 Å². The van der Waals surface area contributed by atoms with E-state index in [-0.39, 0.29) is 6.61 Å². The van der Waals surface area contributed by atoms with Crippen LogP contribution in [-0.4, -0.2) is 47.1 Å². The maximum absolute atomic E-state index is 14.4. The molecule has 4 fully saturated rings. The molecule has 0 unspecified atom stereocenters. The molecule has 7 heteroatoms. The van der Waals surface area contributed by atoms with Crippen molar-refractivity contribution in [3.8, 4) is 0 Å². The Morgan fingerprint density at radius 3 is 2.68 bits per heavy atom. The van der Waals surface area contributed by atoms with Crippen LogP contribution in [0.4, 0.5) is 5.69 Å². The topological polar surface area (TPSA) is 85.3 Å². The lowest BCUT2D eigenvalue weighted by atomic mass is 9.55.